The highest BCUT2D eigenvalue weighted by atomic mass is 16.5. The maximum atomic E-state index is 6.27. The minimum absolute atomic E-state index is 0.235. The van der Waals surface area contributed by atoms with Gasteiger partial charge in [-0.2, -0.15) is 0 Å². The molecule has 1 atom stereocenters. The highest BCUT2D eigenvalue weighted by Gasteiger charge is 2.37. The predicted molar refractivity (Wildman–Crippen MR) is 249 cm³/mol. The number of hydrogen-bond acceptors (Lipinski definition) is 5. The summed E-state index contributed by atoms with van der Waals surface area (Å²) in [6, 6.07) is 47.8. The van der Waals surface area contributed by atoms with E-state index in [-0.39, 0.29) is 6.17 Å². The minimum atomic E-state index is -0.235. The predicted octanol–water partition coefficient (Wildman–Crippen LogP) is 13.4. The number of hydrogen-bond donors (Lipinski definition) is 2. The van der Waals surface area contributed by atoms with E-state index in [2.05, 4.69) is 194 Å². The fourth-order valence-corrected chi connectivity index (χ4v) is 8.76. The van der Waals surface area contributed by atoms with Gasteiger partial charge in [0.05, 0.1) is 5.70 Å². The summed E-state index contributed by atoms with van der Waals surface area (Å²) in [7, 11) is 0. The molecule has 10 rings (SSSR count). The Bertz CT molecular complexity index is 3010. The third-order valence-electron chi connectivity index (χ3n) is 11.6. The second-order valence-electron chi connectivity index (χ2n) is 15.3. The second-order valence-corrected chi connectivity index (χ2v) is 15.3. The van der Waals surface area contributed by atoms with E-state index in [1.165, 1.54) is 22.3 Å². The molecule has 4 heterocycles. The molecule has 5 nitrogen and oxygen atoms in total. The topological polar surface area (TPSA) is 49.7 Å². The van der Waals surface area contributed by atoms with Crippen molar-refractivity contribution in [2.45, 2.75) is 26.4 Å². The summed E-state index contributed by atoms with van der Waals surface area (Å²) in [6.07, 6.45) is 17.4. The molecule has 292 valence electrons. The lowest BCUT2D eigenvalue weighted by molar-refractivity contribution is 0.443. The van der Waals surface area contributed by atoms with Gasteiger partial charge in [0, 0.05) is 28.6 Å². The van der Waals surface area contributed by atoms with E-state index in [4.69, 9.17) is 9.15 Å². The smallest absolute Gasteiger partial charge is 0.135 e. The Morgan fingerprint density at radius 1 is 0.750 bits per heavy atom. The standard InChI is InChI=1S/C55H45N3O2/c1-4-16-37(5-2)45-21-12-13-22-46(45)48-29-30-56-55-53(48)57-54(58(55)44-19-10-7-11-20-44)43-33-41(38-25-27-50-40(31-38)18-9-6-8-17-36(3)59-50)32-42(34-43)39-26-28-52-49(35-39)47-23-14-15-24-51(47)60-52/h4-17,19-29,31-35,54,56-57H,3,18,30H2,1-2H3/b9-6-,16-4-,17-8-,37-5+. The van der Waals surface area contributed by atoms with E-state index in [9.17, 15) is 0 Å². The van der Waals surface area contributed by atoms with E-state index in [0.29, 0.717) is 12.3 Å². The van der Waals surface area contributed by atoms with Crippen molar-refractivity contribution in [2.75, 3.05) is 11.4 Å². The van der Waals surface area contributed by atoms with Crippen LogP contribution in [-0.4, -0.2) is 6.54 Å². The van der Waals surface area contributed by atoms with Gasteiger partial charge in [-0.15, -0.1) is 0 Å². The first-order chi connectivity index (χ1) is 29.6. The Morgan fingerprint density at radius 3 is 2.37 bits per heavy atom. The van der Waals surface area contributed by atoms with Crippen LogP contribution in [0.2, 0.25) is 0 Å². The molecule has 0 fully saturated rings. The lowest BCUT2D eigenvalue weighted by Gasteiger charge is -2.30. The third kappa shape index (κ3) is 6.74. The first kappa shape index (κ1) is 36.8. The fraction of sp³-hybridized carbons (Fsp3) is 0.0909. The van der Waals surface area contributed by atoms with Crippen LogP contribution >= 0.6 is 0 Å². The van der Waals surface area contributed by atoms with Gasteiger partial charge in [0.1, 0.15) is 34.7 Å². The minimum Gasteiger partial charge on any atom is -0.458 e. The van der Waals surface area contributed by atoms with Crippen LogP contribution in [0.3, 0.4) is 0 Å². The molecule has 0 amide bonds. The highest BCUT2D eigenvalue weighted by molar-refractivity contribution is 6.06. The van der Waals surface area contributed by atoms with Gasteiger partial charge in [-0.25, -0.2) is 0 Å². The van der Waals surface area contributed by atoms with E-state index in [0.717, 1.165) is 84.7 Å². The molecule has 6 aromatic carbocycles. The number of furan rings is 1. The molecule has 1 unspecified atom stereocenters. The molecule has 0 bridgehead atoms. The zero-order valence-corrected chi connectivity index (χ0v) is 33.8. The molecule has 0 aliphatic carbocycles. The quantitative estimate of drug-likeness (QED) is 0.158. The fourth-order valence-electron chi connectivity index (χ4n) is 8.76. The van der Waals surface area contributed by atoms with E-state index in [1.54, 1.807) is 0 Å². The van der Waals surface area contributed by atoms with Crippen molar-refractivity contribution in [3.8, 4) is 28.0 Å². The van der Waals surface area contributed by atoms with Crippen LogP contribution in [0.15, 0.2) is 210 Å². The number of allylic oxidation sites excluding steroid dienone is 9. The summed E-state index contributed by atoms with van der Waals surface area (Å²) in [5, 5.41) is 10.1. The molecular formula is C55H45N3O2. The van der Waals surface area contributed by atoms with Crippen molar-refractivity contribution in [2.24, 2.45) is 0 Å². The number of dihydropyridines is 1. The summed E-state index contributed by atoms with van der Waals surface area (Å²) >= 11 is 0. The Kier molecular flexibility index (Phi) is 9.63. The molecule has 3 aliphatic rings. The molecule has 7 aromatic rings. The maximum absolute atomic E-state index is 6.27. The lowest BCUT2D eigenvalue weighted by Crippen LogP contribution is -2.34. The maximum Gasteiger partial charge on any atom is 0.135 e. The number of benzene rings is 6. The van der Waals surface area contributed by atoms with Crippen LogP contribution in [-0.2, 0) is 6.42 Å². The Morgan fingerprint density at radius 2 is 1.52 bits per heavy atom. The van der Waals surface area contributed by atoms with E-state index >= 15 is 0 Å². The van der Waals surface area contributed by atoms with Gasteiger partial charge in [0.15, 0.2) is 0 Å². The normalized spacial score (nSPS) is 17.6. The van der Waals surface area contributed by atoms with E-state index < -0.39 is 0 Å². The zero-order chi connectivity index (χ0) is 40.6. The number of anilines is 1. The second kappa shape index (κ2) is 15.7. The molecule has 60 heavy (non-hydrogen) atoms. The number of nitrogens with one attached hydrogen (secondary N) is 2. The zero-order valence-electron chi connectivity index (χ0n) is 33.8. The van der Waals surface area contributed by atoms with Crippen molar-refractivity contribution < 1.29 is 9.15 Å². The van der Waals surface area contributed by atoms with Gasteiger partial charge < -0.3 is 24.7 Å². The van der Waals surface area contributed by atoms with Crippen molar-refractivity contribution in [1.29, 1.82) is 0 Å². The average Bonchev–Trinajstić information content (AvgIpc) is 3.89. The Hall–Kier alpha value is -7.50. The monoisotopic (exact) mass is 779 g/mol. The Balaban J connectivity index is 1.15. The van der Waals surface area contributed by atoms with Crippen molar-refractivity contribution in [1.82, 2.24) is 10.6 Å². The van der Waals surface area contributed by atoms with Crippen LogP contribution in [0.5, 0.6) is 5.75 Å². The van der Waals surface area contributed by atoms with Gasteiger partial charge in [-0.1, -0.05) is 122 Å². The summed E-state index contributed by atoms with van der Waals surface area (Å²) < 4.78 is 12.5. The molecule has 1 aromatic heterocycles. The third-order valence-corrected chi connectivity index (χ3v) is 11.6. The molecular weight excluding hydrogens is 735 g/mol. The molecule has 0 spiro atoms. The van der Waals surface area contributed by atoms with Gasteiger partial charge in [0.25, 0.3) is 0 Å². The molecule has 0 saturated carbocycles. The largest absolute Gasteiger partial charge is 0.458 e. The van der Waals surface area contributed by atoms with Crippen molar-refractivity contribution >= 4 is 38.8 Å². The molecule has 2 N–H and O–H groups in total. The van der Waals surface area contributed by atoms with E-state index in [1.807, 2.05) is 24.3 Å². The van der Waals surface area contributed by atoms with Crippen LogP contribution in [0.25, 0.3) is 55.3 Å². The van der Waals surface area contributed by atoms with Gasteiger partial charge >= 0.3 is 0 Å². The van der Waals surface area contributed by atoms with Gasteiger partial charge in [-0.3, -0.25) is 0 Å². The van der Waals surface area contributed by atoms with Crippen LogP contribution in [0.4, 0.5) is 5.69 Å². The summed E-state index contributed by atoms with van der Waals surface area (Å²) in [5.74, 6) is 2.49. The summed E-state index contributed by atoms with van der Waals surface area (Å²) in [4.78, 5) is 2.42. The highest BCUT2D eigenvalue weighted by Crippen LogP contribution is 2.44. The number of fused-ring (bicyclic) bond motifs is 4. The number of para-hydroxylation sites is 2. The average molecular weight is 780 g/mol. The van der Waals surface area contributed by atoms with Crippen LogP contribution in [0, 0.1) is 0 Å². The van der Waals surface area contributed by atoms with Crippen molar-refractivity contribution in [3.05, 3.63) is 228 Å². The van der Waals surface area contributed by atoms with Crippen molar-refractivity contribution in [3.63, 3.8) is 0 Å². The first-order valence-corrected chi connectivity index (χ1v) is 20.6. The van der Waals surface area contributed by atoms with Crippen LogP contribution < -0.4 is 20.3 Å². The molecule has 0 saturated heterocycles. The molecule has 0 radical (unpaired) electrons. The van der Waals surface area contributed by atoms with Gasteiger partial charge in [-0.05, 0) is 137 Å². The number of nitrogens with zero attached hydrogens (tertiary/aromatic N) is 1. The molecule has 5 heteroatoms. The van der Waals surface area contributed by atoms with Crippen LogP contribution in [0.1, 0.15) is 42.3 Å². The Labute approximate surface area is 351 Å². The first-order valence-electron chi connectivity index (χ1n) is 20.6. The summed E-state index contributed by atoms with van der Waals surface area (Å²) in [5.41, 5.74) is 15.4. The summed E-state index contributed by atoms with van der Waals surface area (Å²) in [6.45, 7) is 8.99. The lowest BCUT2D eigenvalue weighted by atomic mass is 9.91. The van der Waals surface area contributed by atoms with Gasteiger partial charge in [0.2, 0.25) is 0 Å². The number of rotatable bonds is 7. The number of ether oxygens (including phenoxy) is 1. The molecule has 3 aliphatic heterocycles. The SMILES string of the molecule is C=C1/C=C\C=C/Cc2cc(-c3cc(-c4ccc5oc6ccccc6c5c4)cc(C4NC5=C(NCC=C5c5ccccc5C(/C=C\C)=C/C)N4c4ccccc4)c3)ccc2O1.